The number of carbonyl (C=O) groups excluding carboxylic acids is 2. The molecule has 5 nitrogen and oxygen atoms in total. The van der Waals surface area contributed by atoms with Gasteiger partial charge in [0.05, 0.1) is 13.5 Å². The molecule has 0 aromatic heterocycles. The maximum atomic E-state index is 13.2. The summed E-state index contributed by atoms with van der Waals surface area (Å²) >= 11 is 6.00. The van der Waals surface area contributed by atoms with Gasteiger partial charge in [-0.05, 0) is 54.3 Å². The summed E-state index contributed by atoms with van der Waals surface area (Å²) in [7, 11) is 1.63. The van der Waals surface area contributed by atoms with E-state index in [0.717, 1.165) is 22.4 Å². The van der Waals surface area contributed by atoms with E-state index < -0.39 is 6.04 Å². The number of methoxy groups -OCH3 is 1. The van der Waals surface area contributed by atoms with Crippen LogP contribution in [-0.4, -0.2) is 36.4 Å². The van der Waals surface area contributed by atoms with Gasteiger partial charge in [-0.2, -0.15) is 0 Å². The van der Waals surface area contributed by atoms with Crippen LogP contribution >= 0.6 is 11.6 Å². The number of ether oxygens (including phenoxy) is 1. The van der Waals surface area contributed by atoms with E-state index in [1.807, 2.05) is 66.7 Å². The Bertz CT molecular complexity index is 1040. The summed E-state index contributed by atoms with van der Waals surface area (Å²) in [5, 5.41) is 3.60. The van der Waals surface area contributed by atoms with E-state index in [9.17, 15) is 9.59 Å². The standard InChI is InChI=1S/C27H29ClN2O3/c1-20(27(32)29-17-16-21-10-14-25(33-2)15-11-21)30(19-23-8-12-24(28)13-9-23)26(31)18-22-6-4-3-5-7-22/h3-15,20H,16-19H2,1-2H3,(H,29,32). The van der Waals surface area contributed by atoms with Crippen LogP contribution in [0.1, 0.15) is 23.6 Å². The van der Waals surface area contributed by atoms with Crippen LogP contribution in [0, 0.1) is 0 Å². The second-order valence-electron chi connectivity index (χ2n) is 7.88. The third kappa shape index (κ3) is 7.36. The van der Waals surface area contributed by atoms with Crippen molar-refractivity contribution in [2.24, 2.45) is 0 Å². The van der Waals surface area contributed by atoms with Gasteiger partial charge in [0.15, 0.2) is 0 Å². The van der Waals surface area contributed by atoms with Crippen molar-refractivity contribution in [2.45, 2.75) is 32.4 Å². The fourth-order valence-corrected chi connectivity index (χ4v) is 3.64. The molecule has 0 heterocycles. The molecule has 0 aliphatic heterocycles. The minimum absolute atomic E-state index is 0.103. The highest BCUT2D eigenvalue weighted by Crippen LogP contribution is 2.16. The Kier molecular flexibility index (Phi) is 8.90. The van der Waals surface area contributed by atoms with Gasteiger partial charge >= 0.3 is 0 Å². The lowest BCUT2D eigenvalue weighted by molar-refractivity contribution is -0.140. The lowest BCUT2D eigenvalue weighted by Gasteiger charge is -2.29. The molecule has 0 aliphatic rings. The second-order valence-corrected chi connectivity index (χ2v) is 8.31. The second kappa shape index (κ2) is 12.1. The van der Waals surface area contributed by atoms with Gasteiger partial charge in [0.1, 0.15) is 11.8 Å². The largest absolute Gasteiger partial charge is 0.497 e. The fourth-order valence-electron chi connectivity index (χ4n) is 3.51. The fraction of sp³-hybridized carbons (Fsp3) is 0.259. The molecule has 172 valence electrons. The van der Waals surface area contributed by atoms with Crippen molar-refractivity contribution in [1.29, 1.82) is 0 Å². The van der Waals surface area contributed by atoms with Gasteiger partial charge in [0.25, 0.3) is 0 Å². The monoisotopic (exact) mass is 464 g/mol. The van der Waals surface area contributed by atoms with Crippen LogP contribution in [0.15, 0.2) is 78.9 Å². The SMILES string of the molecule is COc1ccc(CCNC(=O)C(C)N(Cc2ccc(Cl)cc2)C(=O)Cc2ccccc2)cc1. The summed E-state index contributed by atoms with van der Waals surface area (Å²) in [6.45, 7) is 2.58. The van der Waals surface area contributed by atoms with Crippen molar-refractivity contribution in [2.75, 3.05) is 13.7 Å². The van der Waals surface area contributed by atoms with Gasteiger partial charge < -0.3 is 15.0 Å². The van der Waals surface area contributed by atoms with E-state index in [1.165, 1.54) is 0 Å². The maximum Gasteiger partial charge on any atom is 0.242 e. The van der Waals surface area contributed by atoms with Crippen LogP contribution in [0.5, 0.6) is 5.75 Å². The van der Waals surface area contributed by atoms with Crippen molar-refractivity contribution in [3.8, 4) is 5.75 Å². The van der Waals surface area contributed by atoms with Gasteiger partial charge in [-0.25, -0.2) is 0 Å². The summed E-state index contributed by atoms with van der Waals surface area (Å²) in [5.41, 5.74) is 2.93. The van der Waals surface area contributed by atoms with Crippen LogP contribution in [0.3, 0.4) is 0 Å². The Morgan fingerprint density at radius 3 is 2.18 bits per heavy atom. The predicted octanol–water partition coefficient (Wildman–Crippen LogP) is 4.67. The van der Waals surface area contributed by atoms with Crippen LogP contribution in [0.2, 0.25) is 5.02 Å². The number of hydrogen-bond acceptors (Lipinski definition) is 3. The normalized spacial score (nSPS) is 11.5. The molecule has 33 heavy (non-hydrogen) atoms. The number of nitrogens with zero attached hydrogens (tertiary/aromatic N) is 1. The Morgan fingerprint density at radius 2 is 1.55 bits per heavy atom. The first-order valence-corrected chi connectivity index (χ1v) is 11.3. The molecule has 1 N–H and O–H groups in total. The molecule has 0 radical (unpaired) electrons. The Balaban J connectivity index is 1.65. The zero-order valence-corrected chi connectivity index (χ0v) is 19.7. The number of carbonyl (C=O) groups is 2. The molecule has 3 rings (SSSR count). The van der Waals surface area contributed by atoms with Crippen LogP contribution in [0.25, 0.3) is 0 Å². The number of benzene rings is 3. The van der Waals surface area contributed by atoms with Crippen molar-refractivity contribution < 1.29 is 14.3 Å². The van der Waals surface area contributed by atoms with Crippen LogP contribution < -0.4 is 10.1 Å². The molecule has 0 saturated heterocycles. The summed E-state index contributed by atoms with van der Waals surface area (Å²) in [5.74, 6) is 0.513. The highest BCUT2D eigenvalue weighted by atomic mass is 35.5. The molecular formula is C27H29ClN2O3. The predicted molar refractivity (Wildman–Crippen MR) is 131 cm³/mol. The van der Waals surface area contributed by atoms with Gasteiger partial charge in [0.2, 0.25) is 11.8 Å². The highest BCUT2D eigenvalue weighted by molar-refractivity contribution is 6.30. The molecule has 0 bridgehead atoms. The third-order valence-electron chi connectivity index (χ3n) is 5.50. The molecule has 0 fully saturated rings. The molecule has 0 saturated carbocycles. The first-order valence-electron chi connectivity index (χ1n) is 10.9. The van der Waals surface area contributed by atoms with E-state index in [2.05, 4.69) is 5.32 Å². The third-order valence-corrected chi connectivity index (χ3v) is 5.76. The topological polar surface area (TPSA) is 58.6 Å². The molecule has 0 aliphatic carbocycles. The van der Waals surface area contributed by atoms with Gasteiger partial charge in [-0.1, -0.05) is 66.2 Å². The van der Waals surface area contributed by atoms with E-state index in [4.69, 9.17) is 16.3 Å². The summed E-state index contributed by atoms with van der Waals surface area (Å²) in [6, 6.07) is 24.0. The molecular weight excluding hydrogens is 436 g/mol. The average molecular weight is 465 g/mol. The van der Waals surface area contributed by atoms with Gasteiger partial charge in [-0.3, -0.25) is 9.59 Å². The first-order chi connectivity index (χ1) is 16.0. The Morgan fingerprint density at radius 1 is 0.909 bits per heavy atom. The van der Waals surface area contributed by atoms with E-state index in [1.54, 1.807) is 31.1 Å². The molecule has 1 atom stereocenters. The summed E-state index contributed by atoms with van der Waals surface area (Å²) in [6.07, 6.45) is 0.926. The average Bonchev–Trinajstić information content (AvgIpc) is 2.84. The van der Waals surface area contributed by atoms with Crippen molar-refractivity contribution >= 4 is 23.4 Å². The van der Waals surface area contributed by atoms with Gasteiger partial charge in [-0.15, -0.1) is 0 Å². The molecule has 2 amide bonds. The smallest absolute Gasteiger partial charge is 0.242 e. The quantitative estimate of drug-likeness (QED) is 0.474. The molecule has 3 aromatic carbocycles. The van der Waals surface area contributed by atoms with Crippen LogP contribution in [0.4, 0.5) is 0 Å². The lowest BCUT2D eigenvalue weighted by atomic mass is 10.1. The first kappa shape index (κ1) is 24.3. The number of rotatable bonds is 10. The van der Waals surface area contributed by atoms with Gasteiger partial charge in [0, 0.05) is 18.1 Å². The number of nitrogens with one attached hydrogen (secondary N) is 1. The van der Waals surface area contributed by atoms with E-state index in [-0.39, 0.29) is 18.2 Å². The van der Waals surface area contributed by atoms with Crippen molar-refractivity contribution in [3.63, 3.8) is 0 Å². The summed E-state index contributed by atoms with van der Waals surface area (Å²) < 4.78 is 5.18. The minimum atomic E-state index is -0.618. The van der Waals surface area contributed by atoms with Crippen molar-refractivity contribution in [1.82, 2.24) is 10.2 Å². The van der Waals surface area contributed by atoms with Crippen LogP contribution in [-0.2, 0) is 29.0 Å². The molecule has 1 unspecified atom stereocenters. The number of halogens is 1. The zero-order chi connectivity index (χ0) is 23.6. The Labute approximate surface area is 200 Å². The lowest BCUT2D eigenvalue weighted by Crippen LogP contribution is -2.48. The Hall–Kier alpha value is -3.31. The highest BCUT2D eigenvalue weighted by Gasteiger charge is 2.26. The van der Waals surface area contributed by atoms with Crippen molar-refractivity contribution in [3.05, 3.63) is 101 Å². The molecule has 0 spiro atoms. The molecule has 6 heteroatoms. The van der Waals surface area contributed by atoms with E-state index >= 15 is 0 Å². The molecule has 3 aromatic rings. The summed E-state index contributed by atoms with van der Waals surface area (Å²) in [4.78, 5) is 27.7. The number of hydrogen-bond donors (Lipinski definition) is 1. The zero-order valence-electron chi connectivity index (χ0n) is 19.0. The van der Waals surface area contributed by atoms with E-state index in [0.29, 0.717) is 24.5 Å². The number of amides is 2. The minimum Gasteiger partial charge on any atom is -0.497 e. The maximum absolute atomic E-state index is 13.2.